The number of hydrogen-bond acceptors (Lipinski definition) is 2. The van der Waals surface area contributed by atoms with Gasteiger partial charge in [-0.3, -0.25) is 0 Å². The number of fused-ring (bicyclic) bond motifs is 3. The molecule has 0 saturated heterocycles. The minimum Gasteiger partial charge on any atom is -0.508 e. The third-order valence-corrected chi connectivity index (χ3v) is 3.56. The van der Waals surface area contributed by atoms with Crippen LogP contribution in [0, 0.1) is 6.42 Å². The first-order valence-corrected chi connectivity index (χ1v) is 5.89. The molecule has 2 heteroatoms. The molecule has 1 N–H and O–H groups in total. The summed E-state index contributed by atoms with van der Waals surface area (Å²) in [7, 11) is 1.70. The zero-order valence-electron chi connectivity index (χ0n) is 9.81. The number of allylic oxidation sites excluding steroid dienone is 3. The molecular weight excluding hydrogens is 212 g/mol. The lowest BCUT2D eigenvalue weighted by Crippen LogP contribution is -2.15. The highest BCUT2D eigenvalue weighted by Gasteiger charge is 2.26. The zero-order chi connectivity index (χ0) is 11.8. The van der Waals surface area contributed by atoms with Crippen molar-refractivity contribution < 1.29 is 9.84 Å². The van der Waals surface area contributed by atoms with Gasteiger partial charge in [0.2, 0.25) is 0 Å². The van der Waals surface area contributed by atoms with E-state index in [1.807, 2.05) is 18.2 Å². The van der Waals surface area contributed by atoms with E-state index in [2.05, 4.69) is 12.5 Å². The van der Waals surface area contributed by atoms with E-state index in [9.17, 15) is 5.11 Å². The van der Waals surface area contributed by atoms with Crippen LogP contribution in [0.2, 0.25) is 0 Å². The first-order chi connectivity index (χ1) is 8.28. The van der Waals surface area contributed by atoms with Crippen molar-refractivity contribution in [3.63, 3.8) is 0 Å². The number of ether oxygens (including phenoxy) is 1. The monoisotopic (exact) mass is 227 g/mol. The standard InChI is InChI=1S/C15H15O2/c1-17-13-5-7-15-11(9-13)3-2-10-8-12(16)4-6-14(10)15/h4-9,15-16H,2-3H2,1H3. The van der Waals surface area contributed by atoms with E-state index in [4.69, 9.17) is 4.74 Å². The number of rotatable bonds is 1. The lowest BCUT2D eigenvalue weighted by atomic mass is 9.75. The topological polar surface area (TPSA) is 29.5 Å². The Morgan fingerprint density at radius 3 is 3.00 bits per heavy atom. The Kier molecular flexibility index (Phi) is 2.43. The summed E-state index contributed by atoms with van der Waals surface area (Å²) in [5.41, 5.74) is 3.98. The largest absolute Gasteiger partial charge is 0.508 e. The average Bonchev–Trinajstić information content (AvgIpc) is 2.37. The molecule has 2 aliphatic carbocycles. The molecule has 1 unspecified atom stereocenters. The van der Waals surface area contributed by atoms with Crippen LogP contribution in [0.5, 0.6) is 5.75 Å². The average molecular weight is 227 g/mol. The highest BCUT2D eigenvalue weighted by atomic mass is 16.5. The van der Waals surface area contributed by atoms with Crippen LogP contribution in [0.25, 0.3) is 0 Å². The number of phenols is 1. The summed E-state index contributed by atoms with van der Waals surface area (Å²) < 4.78 is 5.26. The fourth-order valence-electron chi connectivity index (χ4n) is 2.68. The van der Waals surface area contributed by atoms with Crippen molar-refractivity contribution in [3.05, 3.63) is 59.2 Å². The second kappa shape index (κ2) is 3.95. The van der Waals surface area contributed by atoms with Crippen LogP contribution in [-0.2, 0) is 11.2 Å². The molecule has 0 amide bonds. The van der Waals surface area contributed by atoms with Crippen molar-refractivity contribution in [2.75, 3.05) is 7.11 Å². The Balaban J connectivity index is 2.00. The van der Waals surface area contributed by atoms with Crippen LogP contribution in [0.15, 0.2) is 41.7 Å². The number of hydrogen-bond donors (Lipinski definition) is 1. The number of aromatic hydroxyl groups is 1. The maximum absolute atomic E-state index is 9.51. The summed E-state index contributed by atoms with van der Waals surface area (Å²) in [5.74, 6) is 1.65. The van der Waals surface area contributed by atoms with Gasteiger partial charge >= 0.3 is 0 Å². The summed E-state index contributed by atoms with van der Waals surface area (Å²) >= 11 is 0. The van der Waals surface area contributed by atoms with E-state index >= 15 is 0 Å². The van der Waals surface area contributed by atoms with Gasteiger partial charge in [-0.25, -0.2) is 0 Å². The van der Waals surface area contributed by atoms with Crippen LogP contribution in [0.1, 0.15) is 23.5 Å². The summed E-state index contributed by atoms with van der Waals surface area (Å²) in [6.45, 7) is 0. The highest BCUT2D eigenvalue weighted by molar-refractivity contribution is 5.50. The zero-order valence-corrected chi connectivity index (χ0v) is 9.81. The minimum atomic E-state index is 0.359. The minimum absolute atomic E-state index is 0.359. The predicted molar refractivity (Wildman–Crippen MR) is 66.6 cm³/mol. The van der Waals surface area contributed by atoms with E-state index in [1.54, 1.807) is 13.2 Å². The van der Waals surface area contributed by atoms with E-state index in [-0.39, 0.29) is 0 Å². The highest BCUT2D eigenvalue weighted by Crippen LogP contribution is 2.41. The Bertz CT molecular complexity index is 512. The van der Waals surface area contributed by atoms with Crippen molar-refractivity contribution >= 4 is 0 Å². The van der Waals surface area contributed by atoms with Gasteiger partial charge in [0.15, 0.2) is 0 Å². The molecule has 0 aliphatic heterocycles. The van der Waals surface area contributed by atoms with E-state index in [0.717, 1.165) is 18.6 Å². The quantitative estimate of drug-likeness (QED) is 0.798. The lowest BCUT2D eigenvalue weighted by Gasteiger charge is -2.30. The van der Waals surface area contributed by atoms with Gasteiger partial charge in [-0.2, -0.15) is 0 Å². The van der Waals surface area contributed by atoms with E-state index < -0.39 is 0 Å². The first kappa shape index (κ1) is 10.5. The number of benzene rings is 1. The van der Waals surface area contributed by atoms with Crippen LogP contribution >= 0.6 is 0 Å². The van der Waals surface area contributed by atoms with Crippen LogP contribution in [-0.4, -0.2) is 12.2 Å². The summed E-state index contributed by atoms with van der Waals surface area (Å²) in [5, 5.41) is 9.51. The molecule has 1 aromatic rings. The molecular formula is C15H15O2. The first-order valence-electron chi connectivity index (χ1n) is 5.89. The molecule has 0 heterocycles. The molecule has 1 atom stereocenters. The Hall–Kier alpha value is -1.70. The Labute approximate surface area is 101 Å². The SMILES string of the molecule is COC1=C[CH]C2C(=C1)CCc1cc(O)ccc12. The van der Waals surface area contributed by atoms with Gasteiger partial charge in [0.25, 0.3) is 0 Å². The van der Waals surface area contributed by atoms with Gasteiger partial charge in [0, 0.05) is 5.92 Å². The second-order valence-corrected chi connectivity index (χ2v) is 4.55. The number of aryl methyl sites for hydroxylation is 1. The maximum Gasteiger partial charge on any atom is 0.115 e. The third kappa shape index (κ3) is 1.74. The molecule has 2 nitrogen and oxygen atoms in total. The summed E-state index contributed by atoms with van der Waals surface area (Å²) in [4.78, 5) is 0. The molecule has 0 aromatic heterocycles. The van der Waals surface area contributed by atoms with Gasteiger partial charge in [-0.15, -0.1) is 0 Å². The van der Waals surface area contributed by atoms with Gasteiger partial charge in [-0.05, 0) is 54.7 Å². The maximum atomic E-state index is 9.51. The number of methoxy groups -OCH3 is 1. The Morgan fingerprint density at radius 1 is 1.29 bits per heavy atom. The second-order valence-electron chi connectivity index (χ2n) is 4.55. The van der Waals surface area contributed by atoms with Crippen LogP contribution < -0.4 is 0 Å². The molecule has 0 fully saturated rings. The van der Waals surface area contributed by atoms with Crippen LogP contribution in [0.3, 0.4) is 0 Å². The van der Waals surface area contributed by atoms with Crippen molar-refractivity contribution in [1.29, 1.82) is 0 Å². The normalized spacial score (nSPS) is 22.1. The van der Waals surface area contributed by atoms with E-state index in [1.165, 1.54) is 16.7 Å². The van der Waals surface area contributed by atoms with Crippen molar-refractivity contribution in [2.24, 2.45) is 0 Å². The third-order valence-electron chi connectivity index (χ3n) is 3.56. The van der Waals surface area contributed by atoms with Crippen molar-refractivity contribution in [2.45, 2.75) is 18.8 Å². The lowest BCUT2D eigenvalue weighted by molar-refractivity contribution is 0.304. The van der Waals surface area contributed by atoms with Gasteiger partial charge < -0.3 is 9.84 Å². The molecule has 2 aliphatic rings. The van der Waals surface area contributed by atoms with Crippen molar-refractivity contribution in [1.82, 2.24) is 0 Å². The molecule has 87 valence electrons. The van der Waals surface area contributed by atoms with Crippen molar-refractivity contribution in [3.8, 4) is 5.75 Å². The molecule has 0 spiro atoms. The summed E-state index contributed by atoms with van der Waals surface area (Å²) in [6.07, 6.45) is 8.38. The fraction of sp³-hybridized carbons (Fsp3) is 0.267. The molecule has 1 radical (unpaired) electrons. The Morgan fingerprint density at radius 2 is 2.18 bits per heavy atom. The summed E-state index contributed by atoms with van der Waals surface area (Å²) in [6, 6.07) is 5.69. The van der Waals surface area contributed by atoms with Gasteiger partial charge in [0.1, 0.15) is 11.5 Å². The smallest absolute Gasteiger partial charge is 0.115 e. The van der Waals surface area contributed by atoms with Crippen LogP contribution in [0.4, 0.5) is 0 Å². The molecule has 17 heavy (non-hydrogen) atoms. The van der Waals surface area contributed by atoms with Gasteiger partial charge in [0.05, 0.1) is 7.11 Å². The molecule has 0 bridgehead atoms. The predicted octanol–water partition coefficient (Wildman–Crippen LogP) is 3.10. The molecule has 1 aromatic carbocycles. The fourth-order valence-corrected chi connectivity index (χ4v) is 2.68. The van der Waals surface area contributed by atoms with Gasteiger partial charge in [-0.1, -0.05) is 11.6 Å². The molecule has 0 saturated carbocycles. The number of phenolic OH excluding ortho intramolecular Hbond substituents is 1. The molecule has 3 rings (SSSR count). The van der Waals surface area contributed by atoms with E-state index in [0.29, 0.717) is 11.7 Å².